The lowest BCUT2D eigenvalue weighted by Crippen LogP contribution is -2.36. The van der Waals surface area contributed by atoms with Gasteiger partial charge in [-0.1, -0.05) is 34.1 Å². The number of methoxy groups -OCH3 is 1. The molecular formula is C19H20BrN3O4S. The Labute approximate surface area is 172 Å². The van der Waals surface area contributed by atoms with Crippen molar-refractivity contribution in [3.63, 3.8) is 0 Å². The highest BCUT2D eigenvalue weighted by atomic mass is 79.9. The molecule has 2 aromatic carbocycles. The summed E-state index contributed by atoms with van der Waals surface area (Å²) >= 11 is 3.32. The van der Waals surface area contributed by atoms with E-state index >= 15 is 0 Å². The molecule has 3 aromatic rings. The predicted molar refractivity (Wildman–Crippen MR) is 108 cm³/mol. The minimum atomic E-state index is -3.87. The van der Waals surface area contributed by atoms with Gasteiger partial charge in [-0.25, -0.2) is 8.42 Å². The van der Waals surface area contributed by atoms with Gasteiger partial charge in [0.05, 0.1) is 13.7 Å². The molecule has 148 valence electrons. The zero-order valence-corrected chi connectivity index (χ0v) is 18.1. The Morgan fingerprint density at radius 1 is 1.14 bits per heavy atom. The molecule has 3 rings (SSSR count). The maximum absolute atomic E-state index is 13.3. The minimum absolute atomic E-state index is 0.0461. The normalized spacial score (nSPS) is 11.9. The van der Waals surface area contributed by atoms with Gasteiger partial charge in [0.25, 0.3) is 0 Å². The van der Waals surface area contributed by atoms with Crippen molar-refractivity contribution in [1.29, 1.82) is 0 Å². The lowest BCUT2D eigenvalue weighted by atomic mass is 10.2. The molecule has 1 aromatic heterocycles. The Bertz CT molecular complexity index is 1050. The maximum atomic E-state index is 13.3. The SMILES string of the molecule is COc1ccc(Br)cc1S(=O)(=O)N(Cc1nnc(-c2ccccc2)o1)C(C)C. The molecule has 28 heavy (non-hydrogen) atoms. The van der Waals surface area contributed by atoms with E-state index in [0.29, 0.717) is 10.4 Å². The van der Waals surface area contributed by atoms with Crippen LogP contribution in [0.4, 0.5) is 0 Å². The van der Waals surface area contributed by atoms with Crippen LogP contribution in [0.15, 0.2) is 62.3 Å². The van der Waals surface area contributed by atoms with E-state index in [1.54, 1.807) is 26.0 Å². The number of ether oxygens (including phenoxy) is 1. The molecular weight excluding hydrogens is 446 g/mol. The fourth-order valence-electron chi connectivity index (χ4n) is 2.67. The summed E-state index contributed by atoms with van der Waals surface area (Å²) in [6, 6.07) is 13.8. The van der Waals surface area contributed by atoms with Crippen LogP contribution >= 0.6 is 15.9 Å². The van der Waals surface area contributed by atoms with Crippen LogP contribution in [0.5, 0.6) is 5.75 Å². The van der Waals surface area contributed by atoms with E-state index < -0.39 is 10.0 Å². The first-order chi connectivity index (χ1) is 13.3. The molecule has 0 fully saturated rings. The zero-order valence-electron chi connectivity index (χ0n) is 15.7. The highest BCUT2D eigenvalue weighted by Gasteiger charge is 2.31. The van der Waals surface area contributed by atoms with Gasteiger partial charge in [-0.2, -0.15) is 4.31 Å². The molecule has 0 aliphatic rings. The number of benzene rings is 2. The van der Waals surface area contributed by atoms with Crippen molar-refractivity contribution < 1.29 is 17.6 Å². The van der Waals surface area contributed by atoms with Crippen LogP contribution in [0.25, 0.3) is 11.5 Å². The van der Waals surface area contributed by atoms with Crippen molar-refractivity contribution in [1.82, 2.24) is 14.5 Å². The molecule has 0 atom stereocenters. The zero-order chi connectivity index (χ0) is 20.3. The third kappa shape index (κ3) is 4.26. The van der Waals surface area contributed by atoms with Crippen LogP contribution in [-0.2, 0) is 16.6 Å². The Hall–Kier alpha value is -2.23. The molecule has 1 heterocycles. The van der Waals surface area contributed by atoms with Gasteiger partial charge in [0.15, 0.2) is 0 Å². The monoisotopic (exact) mass is 465 g/mol. The quantitative estimate of drug-likeness (QED) is 0.521. The molecule has 0 radical (unpaired) electrons. The van der Waals surface area contributed by atoms with Gasteiger partial charge in [0.2, 0.25) is 21.8 Å². The fraction of sp³-hybridized carbons (Fsp3) is 0.263. The van der Waals surface area contributed by atoms with Crippen LogP contribution in [0.2, 0.25) is 0 Å². The van der Waals surface area contributed by atoms with Gasteiger partial charge in [-0.05, 0) is 44.2 Å². The summed E-state index contributed by atoms with van der Waals surface area (Å²) in [5, 5.41) is 8.05. The van der Waals surface area contributed by atoms with Crippen molar-refractivity contribution in [2.24, 2.45) is 0 Å². The molecule has 9 heteroatoms. The molecule has 0 aliphatic carbocycles. The summed E-state index contributed by atoms with van der Waals surface area (Å²) < 4.78 is 39.5. The van der Waals surface area contributed by atoms with Crippen molar-refractivity contribution in [2.45, 2.75) is 31.3 Å². The van der Waals surface area contributed by atoms with Crippen molar-refractivity contribution in [3.8, 4) is 17.2 Å². The Morgan fingerprint density at radius 3 is 2.50 bits per heavy atom. The highest BCUT2D eigenvalue weighted by molar-refractivity contribution is 9.10. The van der Waals surface area contributed by atoms with Gasteiger partial charge in [0, 0.05) is 16.1 Å². The lowest BCUT2D eigenvalue weighted by Gasteiger charge is -2.25. The number of halogens is 1. The van der Waals surface area contributed by atoms with Crippen molar-refractivity contribution in [2.75, 3.05) is 7.11 Å². The van der Waals surface area contributed by atoms with Gasteiger partial charge in [-0.15, -0.1) is 10.2 Å². The molecule has 0 unspecified atom stereocenters. The summed E-state index contributed by atoms with van der Waals surface area (Å²) in [6.07, 6.45) is 0. The van der Waals surface area contributed by atoms with Crippen LogP contribution < -0.4 is 4.74 Å². The van der Waals surface area contributed by atoms with Crippen LogP contribution in [0.3, 0.4) is 0 Å². The number of sulfonamides is 1. The fourth-order valence-corrected chi connectivity index (χ4v) is 4.95. The molecule has 0 saturated carbocycles. The van der Waals surface area contributed by atoms with Gasteiger partial charge >= 0.3 is 0 Å². The van der Waals surface area contributed by atoms with Gasteiger partial charge in [-0.3, -0.25) is 0 Å². The number of nitrogens with zero attached hydrogens (tertiary/aromatic N) is 3. The second-order valence-corrected chi connectivity index (χ2v) is 9.08. The molecule has 0 spiro atoms. The standard InChI is InChI=1S/C19H20BrN3O4S/c1-13(2)23(28(24,25)17-11-15(20)9-10-16(17)26-3)12-18-21-22-19(27-18)14-7-5-4-6-8-14/h4-11,13H,12H2,1-3H3. The van der Waals surface area contributed by atoms with Crippen LogP contribution in [0, 0.1) is 0 Å². The first-order valence-electron chi connectivity index (χ1n) is 8.56. The van der Waals surface area contributed by atoms with E-state index in [9.17, 15) is 8.42 Å². The molecule has 0 N–H and O–H groups in total. The van der Waals surface area contributed by atoms with E-state index in [0.717, 1.165) is 5.56 Å². The molecule has 0 aliphatic heterocycles. The summed E-state index contributed by atoms with van der Waals surface area (Å²) in [7, 11) is -2.43. The summed E-state index contributed by atoms with van der Waals surface area (Å²) in [4.78, 5) is 0.0703. The van der Waals surface area contributed by atoms with E-state index in [2.05, 4.69) is 26.1 Å². The minimum Gasteiger partial charge on any atom is -0.495 e. The summed E-state index contributed by atoms with van der Waals surface area (Å²) in [5.41, 5.74) is 0.772. The number of hydrogen-bond donors (Lipinski definition) is 0. The summed E-state index contributed by atoms with van der Waals surface area (Å²) in [5.74, 6) is 0.825. The average Bonchev–Trinajstić information content (AvgIpc) is 3.15. The van der Waals surface area contributed by atoms with E-state index in [1.807, 2.05) is 30.3 Å². The van der Waals surface area contributed by atoms with E-state index in [4.69, 9.17) is 9.15 Å². The summed E-state index contributed by atoms with van der Waals surface area (Å²) in [6.45, 7) is 3.53. The third-order valence-corrected chi connectivity index (χ3v) is 6.60. The number of rotatable bonds is 7. The van der Waals surface area contributed by atoms with E-state index in [1.165, 1.54) is 17.5 Å². The molecule has 7 nitrogen and oxygen atoms in total. The van der Waals surface area contributed by atoms with Gasteiger partial charge < -0.3 is 9.15 Å². The highest BCUT2D eigenvalue weighted by Crippen LogP contribution is 2.31. The first kappa shape index (κ1) is 20.5. The molecule has 0 bridgehead atoms. The van der Waals surface area contributed by atoms with Crippen molar-refractivity contribution in [3.05, 3.63) is 58.9 Å². The second kappa shape index (κ2) is 8.42. The topological polar surface area (TPSA) is 85.5 Å². The predicted octanol–water partition coefficient (Wildman–Crippen LogP) is 4.11. The largest absolute Gasteiger partial charge is 0.495 e. The first-order valence-corrected chi connectivity index (χ1v) is 10.8. The number of hydrogen-bond acceptors (Lipinski definition) is 6. The molecule has 0 amide bonds. The smallest absolute Gasteiger partial charge is 0.247 e. The number of aromatic nitrogens is 2. The van der Waals surface area contributed by atoms with Crippen LogP contribution in [-0.4, -0.2) is 36.1 Å². The molecule has 0 saturated heterocycles. The lowest BCUT2D eigenvalue weighted by molar-refractivity contribution is 0.310. The second-order valence-electron chi connectivity index (χ2n) is 6.31. The van der Waals surface area contributed by atoms with Crippen LogP contribution in [0.1, 0.15) is 19.7 Å². The van der Waals surface area contributed by atoms with Crippen molar-refractivity contribution >= 4 is 26.0 Å². The Morgan fingerprint density at radius 2 is 1.86 bits per heavy atom. The Kier molecular flexibility index (Phi) is 6.17. The Balaban J connectivity index is 1.94. The van der Waals surface area contributed by atoms with Gasteiger partial charge in [0.1, 0.15) is 10.6 Å². The third-order valence-electron chi connectivity index (χ3n) is 4.07. The maximum Gasteiger partial charge on any atom is 0.247 e. The van der Waals surface area contributed by atoms with E-state index in [-0.39, 0.29) is 29.1 Å². The average molecular weight is 466 g/mol.